The monoisotopic (exact) mass is 250 g/mol. The van der Waals surface area contributed by atoms with Crippen LogP contribution in [0.4, 0.5) is 0 Å². The number of likely N-dealkylation sites (tertiary alicyclic amines) is 1. The molecule has 2 heterocycles. The Morgan fingerprint density at radius 2 is 1.94 bits per heavy atom. The molecule has 1 aliphatic rings. The van der Waals surface area contributed by atoms with Crippen molar-refractivity contribution in [2.75, 3.05) is 13.1 Å². The fourth-order valence-corrected chi connectivity index (χ4v) is 2.31. The summed E-state index contributed by atoms with van der Waals surface area (Å²) in [5.41, 5.74) is 0.000991. The molecular formula is C14H22N2O2. The number of hydrogen-bond donors (Lipinski definition) is 1. The minimum Gasteiger partial charge on any atom is -0.386 e. The van der Waals surface area contributed by atoms with E-state index in [9.17, 15) is 9.90 Å². The molecule has 1 aromatic rings. The molecule has 0 radical (unpaired) electrons. The molecule has 2 rings (SSSR count). The molecule has 0 unspecified atom stereocenters. The van der Waals surface area contributed by atoms with Gasteiger partial charge in [-0.1, -0.05) is 13.8 Å². The quantitative estimate of drug-likeness (QED) is 0.890. The second-order valence-corrected chi connectivity index (χ2v) is 5.81. The van der Waals surface area contributed by atoms with Gasteiger partial charge >= 0.3 is 0 Å². The fourth-order valence-electron chi connectivity index (χ4n) is 2.31. The summed E-state index contributed by atoms with van der Waals surface area (Å²) < 4.78 is 1.97. The van der Waals surface area contributed by atoms with Gasteiger partial charge in [0.05, 0.1) is 13.1 Å². The van der Waals surface area contributed by atoms with Crippen molar-refractivity contribution < 1.29 is 9.90 Å². The van der Waals surface area contributed by atoms with E-state index in [0.717, 1.165) is 0 Å². The third-order valence-corrected chi connectivity index (χ3v) is 3.85. The lowest BCUT2D eigenvalue weighted by Gasteiger charge is -2.49. The maximum Gasteiger partial charge on any atom is 0.270 e. The number of amides is 1. The van der Waals surface area contributed by atoms with E-state index in [-0.39, 0.29) is 17.9 Å². The summed E-state index contributed by atoms with van der Waals surface area (Å²) in [5.74, 6) is 0.192. The van der Waals surface area contributed by atoms with Gasteiger partial charge in [-0.05, 0) is 31.9 Å². The van der Waals surface area contributed by atoms with Crippen LogP contribution in [0.3, 0.4) is 0 Å². The predicted molar refractivity (Wildman–Crippen MR) is 70.5 cm³/mol. The Bertz CT molecular complexity index is 442. The van der Waals surface area contributed by atoms with Gasteiger partial charge in [0.15, 0.2) is 0 Å². The van der Waals surface area contributed by atoms with Gasteiger partial charge in [0.2, 0.25) is 0 Å². The zero-order valence-electron chi connectivity index (χ0n) is 11.6. The summed E-state index contributed by atoms with van der Waals surface area (Å²) in [6.45, 7) is 8.95. The van der Waals surface area contributed by atoms with Gasteiger partial charge in [-0.25, -0.2) is 0 Å². The zero-order chi connectivity index (χ0) is 13.5. The number of hydrogen-bond acceptors (Lipinski definition) is 2. The van der Waals surface area contributed by atoms with Gasteiger partial charge < -0.3 is 14.6 Å². The first-order valence-electron chi connectivity index (χ1n) is 6.53. The van der Waals surface area contributed by atoms with Gasteiger partial charge in [-0.2, -0.15) is 0 Å². The van der Waals surface area contributed by atoms with Crippen molar-refractivity contribution in [1.82, 2.24) is 9.47 Å². The SMILES string of the molecule is CC(C)n1cccc1C(=O)N1CC(O)(C(C)C)C1. The Balaban J connectivity index is 2.09. The van der Waals surface area contributed by atoms with Crippen LogP contribution in [-0.4, -0.2) is 39.2 Å². The molecule has 1 fully saturated rings. The van der Waals surface area contributed by atoms with Crippen molar-refractivity contribution in [3.05, 3.63) is 24.0 Å². The predicted octanol–water partition coefficient (Wildman–Crippen LogP) is 1.91. The molecule has 0 saturated carbocycles. The Morgan fingerprint density at radius 3 is 2.44 bits per heavy atom. The van der Waals surface area contributed by atoms with E-state index in [1.807, 2.05) is 36.7 Å². The highest BCUT2D eigenvalue weighted by atomic mass is 16.3. The standard InChI is InChI=1S/C14H22N2O2/c1-10(2)14(18)8-15(9-14)13(17)12-6-5-7-16(12)11(3)4/h5-7,10-11,18H,8-9H2,1-4H3. The lowest BCUT2D eigenvalue weighted by molar-refractivity contribution is -0.111. The highest BCUT2D eigenvalue weighted by molar-refractivity contribution is 5.93. The Labute approximate surface area is 108 Å². The van der Waals surface area contributed by atoms with Crippen molar-refractivity contribution in [1.29, 1.82) is 0 Å². The smallest absolute Gasteiger partial charge is 0.270 e. The highest BCUT2D eigenvalue weighted by Crippen LogP contribution is 2.30. The topological polar surface area (TPSA) is 45.5 Å². The molecule has 4 nitrogen and oxygen atoms in total. The van der Waals surface area contributed by atoms with E-state index in [4.69, 9.17) is 0 Å². The first kappa shape index (κ1) is 13.1. The Kier molecular flexibility index (Phi) is 3.23. The van der Waals surface area contributed by atoms with Crippen LogP contribution in [0.2, 0.25) is 0 Å². The third-order valence-electron chi connectivity index (χ3n) is 3.85. The van der Waals surface area contributed by atoms with Crippen molar-refractivity contribution in [3.63, 3.8) is 0 Å². The molecule has 0 spiro atoms. The molecule has 4 heteroatoms. The van der Waals surface area contributed by atoms with Crippen LogP contribution in [0.25, 0.3) is 0 Å². The summed E-state index contributed by atoms with van der Waals surface area (Å²) >= 11 is 0. The van der Waals surface area contributed by atoms with Crippen LogP contribution in [0.5, 0.6) is 0 Å². The minimum atomic E-state index is -0.703. The molecular weight excluding hydrogens is 228 g/mol. The third kappa shape index (κ3) is 2.05. The van der Waals surface area contributed by atoms with E-state index in [2.05, 4.69) is 13.8 Å². The van der Waals surface area contributed by atoms with Gasteiger partial charge in [-0.3, -0.25) is 4.79 Å². The largest absolute Gasteiger partial charge is 0.386 e. The minimum absolute atomic E-state index is 0.0130. The molecule has 100 valence electrons. The average Bonchev–Trinajstić information content (AvgIpc) is 2.72. The lowest BCUT2D eigenvalue weighted by Crippen LogP contribution is -2.66. The number of carbonyl (C=O) groups excluding carboxylic acids is 1. The highest BCUT2D eigenvalue weighted by Gasteiger charge is 2.46. The van der Waals surface area contributed by atoms with Crippen LogP contribution in [0.1, 0.15) is 44.2 Å². The van der Waals surface area contributed by atoms with Crippen LogP contribution >= 0.6 is 0 Å². The van der Waals surface area contributed by atoms with Crippen LogP contribution in [-0.2, 0) is 0 Å². The average molecular weight is 250 g/mol. The maximum absolute atomic E-state index is 12.3. The number of nitrogens with zero attached hydrogens (tertiary/aromatic N) is 2. The van der Waals surface area contributed by atoms with Crippen molar-refractivity contribution in [2.24, 2.45) is 5.92 Å². The van der Waals surface area contributed by atoms with E-state index >= 15 is 0 Å². The van der Waals surface area contributed by atoms with Crippen molar-refractivity contribution in [3.8, 4) is 0 Å². The Hall–Kier alpha value is -1.29. The molecule has 0 bridgehead atoms. The van der Waals surface area contributed by atoms with E-state index in [1.54, 1.807) is 4.90 Å². The molecule has 1 amide bonds. The zero-order valence-corrected chi connectivity index (χ0v) is 11.6. The first-order chi connectivity index (χ1) is 8.35. The van der Waals surface area contributed by atoms with Crippen LogP contribution in [0, 0.1) is 5.92 Å². The summed E-state index contributed by atoms with van der Waals surface area (Å²) in [6, 6.07) is 4.00. The van der Waals surface area contributed by atoms with Crippen LogP contribution < -0.4 is 0 Å². The lowest BCUT2D eigenvalue weighted by atomic mass is 9.83. The number of β-amino-alcohol motifs (C(OH)–C–C–N with tert-alkyl or cyclic N) is 1. The maximum atomic E-state index is 12.3. The van der Waals surface area contributed by atoms with E-state index < -0.39 is 5.60 Å². The summed E-state index contributed by atoms with van der Waals surface area (Å²) in [5, 5.41) is 10.2. The number of aliphatic hydroxyl groups is 1. The van der Waals surface area contributed by atoms with Crippen molar-refractivity contribution >= 4 is 5.91 Å². The molecule has 1 aliphatic heterocycles. The molecule has 0 aromatic carbocycles. The van der Waals surface area contributed by atoms with E-state index in [1.165, 1.54) is 0 Å². The Morgan fingerprint density at radius 1 is 1.33 bits per heavy atom. The first-order valence-corrected chi connectivity index (χ1v) is 6.53. The van der Waals surface area contributed by atoms with Gasteiger partial charge in [-0.15, -0.1) is 0 Å². The molecule has 1 N–H and O–H groups in total. The molecule has 0 aliphatic carbocycles. The molecule has 0 atom stereocenters. The fraction of sp³-hybridized carbons (Fsp3) is 0.643. The molecule has 1 aromatic heterocycles. The van der Waals surface area contributed by atoms with Gasteiger partial charge in [0.1, 0.15) is 11.3 Å². The van der Waals surface area contributed by atoms with Crippen molar-refractivity contribution in [2.45, 2.75) is 39.3 Å². The summed E-state index contributed by atoms with van der Waals surface area (Å²) in [4.78, 5) is 14.0. The second kappa shape index (κ2) is 4.43. The number of aromatic nitrogens is 1. The summed E-state index contributed by atoms with van der Waals surface area (Å²) in [7, 11) is 0. The normalized spacial score (nSPS) is 18.3. The van der Waals surface area contributed by atoms with Gasteiger partial charge in [0, 0.05) is 12.2 Å². The number of rotatable bonds is 3. The van der Waals surface area contributed by atoms with Crippen LogP contribution in [0.15, 0.2) is 18.3 Å². The molecule has 18 heavy (non-hydrogen) atoms. The summed E-state index contributed by atoms with van der Waals surface area (Å²) in [6.07, 6.45) is 1.92. The van der Waals surface area contributed by atoms with E-state index in [0.29, 0.717) is 18.8 Å². The molecule has 1 saturated heterocycles. The second-order valence-electron chi connectivity index (χ2n) is 5.81. The number of carbonyl (C=O) groups is 1. The van der Waals surface area contributed by atoms with Gasteiger partial charge in [0.25, 0.3) is 5.91 Å².